The van der Waals surface area contributed by atoms with Crippen LogP contribution in [0, 0.1) is 12.3 Å². The standard InChI is InChI=1S/C14H23N3OS/c1-11-3-6-19-12(11)7-16-13(18)8-17-5-4-14(2,9-15)10-17/h3,6H,4-5,7-10,15H2,1-2H3,(H,16,18). The fourth-order valence-electron chi connectivity index (χ4n) is 2.45. The third kappa shape index (κ3) is 3.78. The van der Waals surface area contributed by atoms with Crippen LogP contribution in [0.3, 0.4) is 0 Å². The Labute approximate surface area is 119 Å². The van der Waals surface area contributed by atoms with Crippen molar-refractivity contribution < 1.29 is 4.79 Å². The second-order valence-corrected chi connectivity index (χ2v) is 6.78. The van der Waals surface area contributed by atoms with Gasteiger partial charge in [0, 0.05) is 11.4 Å². The number of likely N-dealkylation sites (tertiary alicyclic amines) is 1. The van der Waals surface area contributed by atoms with Gasteiger partial charge in [0.1, 0.15) is 0 Å². The van der Waals surface area contributed by atoms with Crippen molar-refractivity contribution in [3.05, 3.63) is 21.9 Å². The summed E-state index contributed by atoms with van der Waals surface area (Å²) in [5.74, 6) is 0.106. The number of nitrogens with zero attached hydrogens (tertiary/aromatic N) is 1. The van der Waals surface area contributed by atoms with E-state index in [0.717, 1.165) is 19.5 Å². The summed E-state index contributed by atoms with van der Waals surface area (Å²) >= 11 is 1.69. The highest BCUT2D eigenvalue weighted by atomic mass is 32.1. The quantitative estimate of drug-likeness (QED) is 0.856. The number of thiophene rings is 1. The Kier molecular flexibility index (Phi) is 4.60. The van der Waals surface area contributed by atoms with Crippen LogP contribution < -0.4 is 11.1 Å². The number of rotatable bonds is 5. The van der Waals surface area contributed by atoms with Crippen molar-refractivity contribution in [2.24, 2.45) is 11.1 Å². The van der Waals surface area contributed by atoms with Crippen molar-refractivity contribution in [2.75, 3.05) is 26.2 Å². The van der Waals surface area contributed by atoms with Gasteiger partial charge in [-0.15, -0.1) is 11.3 Å². The molecule has 4 nitrogen and oxygen atoms in total. The summed E-state index contributed by atoms with van der Waals surface area (Å²) in [4.78, 5) is 15.4. The number of carbonyl (C=O) groups excluding carboxylic acids is 1. The molecule has 1 atom stereocenters. The minimum atomic E-state index is 0.106. The van der Waals surface area contributed by atoms with Gasteiger partial charge in [0.15, 0.2) is 0 Å². The minimum Gasteiger partial charge on any atom is -0.350 e. The summed E-state index contributed by atoms with van der Waals surface area (Å²) in [6.45, 7) is 7.99. The molecule has 106 valence electrons. The van der Waals surface area contributed by atoms with Gasteiger partial charge in [-0.25, -0.2) is 0 Å². The van der Waals surface area contributed by atoms with Crippen LogP contribution in [0.5, 0.6) is 0 Å². The van der Waals surface area contributed by atoms with E-state index in [0.29, 0.717) is 19.6 Å². The Balaban J connectivity index is 1.75. The van der Waals surface area contributed by atoms with Gasteiger partial charge < -0.3 is 11.1 Å². The normalized spacial score (nSPS) is 23.7. The zero-order valence-corrected chi connectivity index (χ0v) is 12.6. The first-order valence-corrected chi connectivity index (χ1v) is 7.62. The first-order chi connectivity index (χ1) is 9.02. The number of hydrogen-bond donors (Lipinski definition) is 2. The van der Waals surface area contributed by atoms with E-state index in [1.807, 2.05) is 0 Å². The number of nitrogens with one attached hydrogen (secondary N) is 1. The van der Waals surface area contributed by atoms with Crippen LogP contribution >= 0.6 is 11.3 Å². The number of amides is 1. The van der Waals surface area contributed by atoms with Crippen LogP contribution in [0.2, 0.25) is 0 Å². The Bertz CT molecular complexity index is 446. The fraction of sp³-hybridized carbons (Fsp3) is 0.643. The van der Waals surface area contributed by atoms with Crippen LogP contribution in [0.25, 0.3) is 0 Å². The molecule has 1 saturated heterocycles. The lowest BCUT2D eigenvalue weighted by Crippen LogP contribution is -2.38. The first kappa shape index (κ1) is 14.5. The highest BCUT2D eigenvalue weighted by Gasteiger charge is 2.32. The average molecular weight is 281 g/mol. The molecule has 1 aliphatic rings. The van der Waals surface area contributed by atoms with E-state index in [1.165, 1.54) is 10.4 Å². The van der Waals surface area contributed by atoms with Crippen LogP contribution in [-0.2, 0) is 11.3 Å². The molecule has 0 aromatic carbocycles. The summed E-state index contributed by atoms with van der Waals surface area (Å²) < 4.78 is 0. The second kappa shape index (κ2) is 6.03. The highest BCUT2D eigenvalue weighted by molar-refractivity contribution is 7.10. The van der Waals surface area contributed by atoms with Crippen molar-refractivity contribution in [1.82, 2.24) is 10.2 Å². The van der Waals surface area contributed by atoms with E-state index in [1.54, 1.807) is 11.3 Å². The summed E-state index contributed by atoms with van der Waals surface area (Å²) in [6.07, 6.45) is 1.08. The van der Waals surface area contributed by atoms with Gasteiger partial charge in [0.2, 0.25) is 5.91 Å². The van der Waals surface area contributed by atoms with Crippen molar-refractivity contribution in [3.63, 3.8) is 0 Å². The molecule has 3 N–H and O–H groups in total. The Hall–Kier alpha value is -0.910. The molecule has 1 amide bonds. The fourth-order valence-corrected chi connectivity index (χ4v) is 3.30. The molecular weight excluding hydrogens is 258 g/mol. The van der Waals surface area contributed by atoms with Gasteiger partial charge in [0.25, 0.3) is 0 Å². The maximum atomic E-state index is 11.9. The summed E-state index contributed by atoms with van der Waals surface area (Å²) in [6, 6.07) is 2.08. The molecule has 1 aliphatic heterocycles. The third-order valence-electron chi connectivity index (χ3n) is 3.91. The number of hydrogen-bond acceptors (Lipinski definition) is 4. The largest absolute Gasteiger partial charge is 0.350 e. The van der Waals surface area contributed by atoms with Gasteiger partial charge >= 0.3 is 0 Å². The van der Waals surface area contributed by atoms with Gasteiger partial charge in [-0.3, -0.25) is 9.69 Å². The highest BCUT2D eigenvalue weighted by Crippen LogP contribution is 2.27. The molecule has 1 fully saturated rings. The van der Waals surface area contributed by atoms with Gasteiger partial charge in [-0.1, -0.05) is 6.92 Å². The number of carbonyl (C=O) groups is 1. The predicted octanol–water partition coefficient (Wildman–Crippen LogP) is 1.34. The van der Waals surface area contributed by atoms with Gasteiger partial charge in [-0.05, 0) is 48.9 Å². The molecule has 2 heterocycles. The topological polar surface area (TPSA) is 58.4 Å². The van der Waals surface area contributed by atoms with Crippen molar-refractivity contribution >= 4 is 17.2 Å². The molecular formula is C14H23N3OS. The van der Waals surface area contributed by atoms with Gasteiger partial charge in [-0.2, -0.15) is 0 Å². The van der Waals surface area contributed by atoms with E-state index >= 15 is 0 Å². The Morgan fingerprint density at radius 2 is 2.42 bits per heavy atom. The molecule has 0 bridgehead atoms. The summed E-state index contributed by atoms with van der Waals surface area (Å²) in [7, 11) is 0. The van der Waals surface area contributed by atoms with Crippen LogP contribution in [0.4, 0.5) is 0 Å². The molecule has 1 aromatic rings. The lowest BCUT2D eigenvalue weighted by Gasteiger charge is -2.22. The molecule has 0 spiro atoms. The van der Waals surface area contributed by atoms with E-state index in [2.05, 4.69) is 35.5 Å². The van der Waals surface area contributed by atoms with E-state index in [4.69, 9.17) is 5.73 Å². The van der Waals surface area contributed by atoms with Crippen LogP contribution in [0.1, 0.15) is 23.8 Å². The van der Waals surface area contributed by atoms with Crippen molar-refractivity contribution in [3.8, 4) is 0 Å². The zero-order valence-electron chi connectivity index (χ0n) is 11.7. The monoisotopic (exact) mass is 281 g/mol. The maximum Gasteiger partial charge on any atom is 0.234 e. The molecule has 0 radical (unpaired) electrons. The number of nitrogens with two attached hydrogens (primary N) is 1. The number of aryl methyl sites for hydroxylation is 1. The van der Waals surface area contributed by atoms with Crippen molar-refractivity contribution in [1.29, 1.82) is 0 Å². The molecule has 0 saturated carbocycles. The lowest BCUT2D eigenvalue weighted by atomic mass is 9.90. The predicted molar refractivity (Wildman–Crippen MR) is 79.1 cm³/mol. The molecule has 5 heteroatoms. The van der Waals surface area contributed by atoms with Crippen LogP contribution in [0.15, 0.2) is 11.4 Å². The minimum absolute atomic E-state index is 0.106. The van der Waals surface area contributed by atoms with Crippen molar-refractivity contribution in [2.45, 2.75) is 26.8 Å². The molecule has 19 heavy (non-hydrogen) atoms. The SMILES string of the molecule is Cc1ccsc1CNC(=O)CN1CCC(C)(CN)C1. The molecule has 1 aromatic heterocycles. The maximum absolute atomic E-state index is 11.9. The molecule has 0 aliphatic carbocycles. The van der Waals surface area contributed by atoms with Gasteiger partial charge in [0.05, 0.1) is 13.1 Å². The second-order valence-electron chi connectivity index (χ2n) is 5.78. The molecule has 2 rings (SSSR count). The Morgan fingerprint density at radius 1 is 1.63 bits per heavy atom. The smallest absolute Gasteiger partial charge is 0.234 e. The van der Waals surface area contributed by atoms with Crippen LogP contribution in [-0.4, -0.2) is 37.0 Å². The third-order valence-corrected chi connectivity index (χ3v) is 4.93. The zero-order chi connectivity index (χ0) is 13.9. The summed E-state index contributed by atoms with van der Waals surface area (Å²) in [5.41, 5.74) is 7.21. The molecule has 1 unspecified atom stereocenters. The van der Waals surface area contributed by atoms with E-state index in [-0.39, 0.29) is 11.3 Å². The van der Waals surface area contributed by atoms with E-state index < -0.39 is 0 Å². The van der Waals surface area contributed by atoms with E-state index in [9.17, 15) is 4.79 Å². The lowest BCUT2D eigenvalue weighted by molar-refractivity contribution is -0.122. The average Bonchev–Trinajstić information content (AvgIpc) is 2.94. The first-order valence-electron chi connectivity index (χ1n) is 6.74. The Morgan fingerprint density at radius 3 is 3.00 bits per heavy atom. The summed E-state index contributed by atoms with van der Waals surface area (Å²) in [5, 5.41) is 5.06.